The Kier molecular flexibility index (Phi) is 10.0. The number of hydrogen-bond acceptors (Lipinski definition) is 6. The molecule has 0 saturated heterocycles. The van der Waals surface area contributed by atoms with E-state index < -0.39 is 37.6 Å². The predicted molar refractivity (Wildman–Crippen MR) is 112 cm³/mol. The normalized spacial score (nSPS) is 15.8. The maximum Gasteiger partial charge on any atom is 0.111 e. The minimum absolute atomic E-state index is 0.159. The molecule has 0 aliphatic carbocycles. The Labute approximate surface area is 181 Å². The Morgan fingerprint density at radius 3 is 1.25 bits per heavy atom. The first-order valence-corrected chi connectivity index (χ1v) is 10.3. The first-order chi connectivity index (χ1) is 13.4. The second kappa shape index (κ2) is 12.0. The third kappa shape index (κ3) is 7.20. The van der Waals surface area contributed by atoms with Crippen molar-refractivity contribution in [3.63, 3.8) is 0 Å². The molecule has 2 rings (SSSR count). The fourth-order valence-corrected chi connectivity index (χ4v) is 3.05. The quantitative estimate of drug-likeness (QED) is 0.364. The molecular weight excluding hydrogens is 496 g/mol. The van der Waals surface area contributed by atoms with Gasteiger partial charge in [0.2, 0.25) is 0 Å². The summed E-state index contributed by atoms with van der Waals surface area (Å²) in [5.74, 6) is 0. The van der Waals surface area contributed by atoms with Crippen LogP contribution in [0.3, 0.4) is 0 Å². The molecule has 4 N–H and O–H groups in total. The van der Waals surface area contributed by atoms with Crippen LogP contribution >= 0.6 is 31.9 Å². The Bertz CT molecular complexity index is 633. The molecule has 0 heterocycles. The van der Waals surface area contributed by atoms with Gasteiger partial charge in [-0.2, -0.15) is 0 Å². The lowest BCUT2D eigenvalue weighted by molar-refractivity contribution is -0.159. The van der Waals surface area contributed by atoms with Gasteiger partial charge in [0.05, 0.1) is 26.4 Å². The van der Waals surface area contributed by atoms with Crippen LogP contribution in [0.1, 0.15) is 11.1 Å². The molecular formula is C20H24Br2O6. The van der Waals surface area contributed by atoms with Crippen molar-refractivity contribution in [2.45, 2.75) is 37.6 Å². The highest BCUT2D eigenvalue weighted by Gasteiger charge is 2.33. The fraction of sp³-hybridized carbons (Fsp3) is 0.400. The third-order valence-electron chi connectivity index (χ3n) is 4.23. The molecule has 0 saturated carbocycles. The lowest BCUT2D eigenvalue weighted by atomic mass is 10.0. The van der Waals surface area contributed by atoms with Gasteiger partial charge < -0.3 is 29.9 Å². The largest absolute Gasteiger partial charge is 0.394 e. The highest BCUT2D eigenvalue weighted by atomic mass is 79.9. The number of hydrogen-bond donors (Lipinski definition) is 4. The van der Waals surface area contributed by atoms with Gasteiger partial charge >= 0.3 is 0 Å². The summed E-state index contributed by atoms with van der Waals surface area (Å²) in [6, 6.07) is 14.8. The second-order valence-electron chi connectivity index (χ2n) is 6.30. The average Bonchev–Trinajstić information content (AvgIpc) is 2.71. The predicted octanol–water partition coefficient (Wildman–Crippen LogP) is 2.39. The van der Waals surface area contributed by atoms with Crippen molar-refractivity contribution in [2.75, 3.05) is 13.2 Å². The molecule has 8 heteroatoms. The summed E-state index contributed by atoms with van der Waals surface area (Å²) in [5.41, 5.74) is 1.71. The van der Waals surface area contributed by atoms with Crippen LogP contribution in [0.2, 0.25) is 0 Å². The van der Waals surface area contributed by atoms with Crippen LogP contribution in [0.5, 0.6) is 0 Å². The molecule has 0 bridgehead atoms. The Morgan fingerprint density at radius 2 is 0.964 bits per heavy atom. The van der Waals surface area contributed by atoms with E-state index in [0.29, 0.717) is 0 Å². The van der Waals surface area contributed by atoms with Crippen LogP contribution in [-0.4, -0.2) is 58.1 Å². The van der Waals surface area contributed by atoms with Crippen molar-refractivity contribution in [2.24, 2.45) is 0 Å². The van der Waals surface area contributed by atoms with Gasteiger partial charge in [-0.05, 0) is 35.4 Å². The smallest absolute Gasteiger partial charge is 0.111 e. The zero-order chi connectivity index (χ0) is 20.5. The lowest BCUT2D eigenvalue weighted by Crippen LogP contribution is -2.49. The molecule has 2 aromatic rings. The van der Waals surface area contributed by atoms with Crippen LogP contribution in [0.4, 0.5) is 0 Å². The Morgan fingerprint density at radius 1 is 0.643 bits per heavy atom. The zero-order valence-corrected chi connectivity index (χ0v) is 18.3. The lowest BCUT2D eigenvalue weighted by Gasteiger charge is -2.30. The van der Waals surface area contributed by atoms with E-state index in [9.17, 15) is 20.4 Å². The summed E-state index contributed by atoms with van der Waals surface area (Å²) in [7, 11) is 0. The fourth-order valence-electron chi connectivity index (χ4n) is 2.53. The molecule has 0 aliphatic heterocycles. The van der Waals surface area contributed by atoms with Gasteiger partial charge in [0, 0.05) is 8.95 Å². The summed E-state index contributed by atoms with van der Waals surface area (Å²) in [4.78, 5) is 0. The van der Waals surface area contributed by atoms with E-state index in [2.05, 4.69) is 31.9 Å². The van der Waals surface area contributed by atoms with Crippen molar-refractivity contribution in [1.82, 2.24) is 0 Å². The van der Waals surface area contributed by atoms with Gasteiger partial charge in [0.25, 0.3) is 0 Å². The monoisotopic (exact) mass is 518 g/mol. The molecule has 154 valence electrons. The molecule has 0 radical (unpaired) electrons. The van der Waals surface area contributed by atoms with Gasteiger partial charge in [-0.1, -0.05) is 56.1 Å². The van der Waals surface area contributed by atoms with Crippen molar-refractivity contribution < 1.29 is 29.9 Å². The molecule has 0 amide bonds. The first-order valence-electron chi connectivity index (χ1n) is 8.74. The molecule has 0 aliphatic rings. The second-order valence-corrected chi connectivity index (χ2v) is 8.13. The van der Waals surface area contributed by atoms with Gasteiger partial charge in [-0.25, -0.2) is 0 Å². The number of ether oxygens (including phenoxy) is 2. The number of aliphatic hydroxyl groups excluding tert-OH is 4. The van der Waals surface area contributed by atoms with Crippen LogP contribution in [0, 0.1) is 0 Å². The first kappa shape index (κ1) is 23.4. The topological polar surface area (TPSA) is 99.4 Å². The van der Waals surface area contributed by atoms with Gasteiger partial charge in [-0.15, -0.1) is 0 Å². The van der Waals surface area contributed by atoms with Crippen LogP contribution in [0.25, 0.3) is 0 Å². The summed E-state index contributed by atoms with van der Waals surface area (Å²) in [6.07, 6.45) is -4.90. The molecule has 2 aromatic carbocycles. The summed E-state index contributed by atoms with van der Waals surface area (Å²) in [6.45, 7) is -0.656. The van der Waals surface area contributed by atoms with Crippen molar-refractivity contribution >= 4 is 31.9 Å². The number of rotatable bonds is 11. The summed E-state index contributed by atoms with van der Waals surface area (Å²) < 4.78 is 13.0. The highest BCUT2D eigenvalue weighted by Crippen LogP contribution is 2.17. The average molecular weight is 520 g/mol. The molecule has 0 fully saturated rings. The van der Waals surface area contributed by atoms with E-state index in [1.807, 2.05) is 48.5 Å². The van der Waals surface area contributed by atoms with Gasteiger partial charge in [-0.3, -0.25) is 0 Å². The molecule has 6 nitrogen and oxygen atoms in total. The maximum atomic E-state index is 10.4. The van der Waals surface area contributed by atoms with Crippen LogP contribution in [0.15, 0.2) is 57.5 Å². The number of halogens is 2. The maximum absolute atomic E-state index is 10.4. The number of benzene rings is 2. The Hall–Kier alpha value is -0.840. The minimum Gasteiger partial charge on any atom is -0.394 e. The van der Waals surface area contributed by atoms with Crippen molar-refractivity contribution in [3.05, 3.63) is 68.6 Å². The molecule has 4 atom stereocenters. The van der Waals surface area contributed by atoms with Crippen LogP contribution in [-0.2, 0) is 22.7 Å². The van der Waals surface area contributed by atoms with Crippen LogP contribution < -0.4 is 0 Å². The van der Waals surface area contributed by atoms with E-state index in [1.54, 1.807) is 0 Å². The molecule has 0 unspecified atom stereocenters. The van der Waals surface area contributed by atoms with Crippen molar-refractivity contribution in [1.29, 1.82) is 0 Å². The number of aliphatic hydroxyl groups is 4. The molecule has 0 aromatic heterocycles. The molecule has 0 spiro atoms. The summed E-state index contributed by atoms with van der Waals surface area (Å²) >= 11 is 6.69. The summed E-state index contributed by atoms with van der Waals surface area (Å²) in [5, 5.41) is 39.9. The van der Waals surface area contributed by atoms with Crippen molar-refractivity contribution in [3.8, 4) is 0 Å². The van der Waals surface area contributed by atoms with E-state index in [1.165, 1.54) is 0 Å². The van der Waals surface area contributed by atoms with Gasteiger partial charge in [0.1, 0.15) is 24.4 Å². The zero-order valence-electron chi connectivity index (χ0n) is 15.1. The SMILES string of the molecule is OC[C@@H](OCc1ccc(Br)cc1)[C@@H](O)[C@H](O)[C@@H](CO)OCc1ccc(Br)cc1. The van der Waals surface area contributed by atoms with E-state index in [0.717, 1.165) is 20.1 Å². The molecule has 28 heavy (non-hydrogen) atoms. The van der Waals surface area contributed by atoms with E-state index >= 15 is 0 Å². The van der Waals surface area contributed by atoms with E-state index in [-0.39, 0.29) is 13.2 Å². The highest BCUT2D eigenvalue weighted by molar-refractivity contribution is 9.10. The standard InChI is InChI=1S/C20H24Br2O6/c21-15-5-1-13(2-6-15)11-27-17(9-23)19(25)20(26)18(10-24)28-12-14-3-7-16(22)8-4-14/h1-8,17-20,23-26H,9-12H2/t17-,18-,19-,20-/m1/s1. The Balaban J connectivity index is 1.90. The van der Waals surface area contributed by atoms with Gasteiger partial charge in [0.15, 0.2) is 0 Å². The van der Waals surface area contributed by atoms with E-state index in [4.69, 9.17) is 9.47 Å². The minimum atomic E-state index is -1.43. The third-order valence-corrected chi connectivity index (χ3v) is 5.28.